The zero-order valence-corrected chi connectivity index (χ0v) is 13.3. The van der Waals surface area contributed by atoms with Gasteiger partial charge in [0.15, 0.2) is 0 Å². The summed E-state index contributed by atoms with van der Waals surface area (Å²) < 4.78 is 7.08. The van der Waals surface area contributed by atoms with Crippen molar-refractivity contribution in [1.82, 2.24) is 24.6 Å². The lowest BCUT2D eigenvalue weighted by Gasteiger charge is -2.32. The van der Waals surface area contributed by atoms with Crippen molar-refractivity contribution in [2.24, 2.45) is 7.05 Å². The maximum Gasteiger partial charge on any atom is 0.322 e. The highest BCUT2D eigenvalue weighted by Gasteiger charge is 2.27. The number of aromatic nitrogens is 4. The SMILES string of the molecule is COc1ncccc1NC(=O)N1CCC[C@H](c2nncn2C)C1. The average Bonchev–Trinajstić information content (AvgIpc) is 3.01. The zero-order valence-electron chi connectivity index (χ0n) is 13.3. The van der Waals surface area contributed by atoms with Crippen molar-refractivity contribution in [1.29, 1.82) is 0 Å². The lowest BCUT2D eigenvalue weighted by Crippen LogP contribution is -2.42. The molecule has 1 atom stereocenters. The molecule has 1 fully saturated rings. The molecular weight excluding hydrogens is 296 g/mol. The smallest absolute Gasteiger partial charge is 0.322 e. The van der Waals surface area contributed by atoms with Gasteiger partial charge in [0.25, 0.3) is 0 Å². The Morgan fingerprint density at radius 1 is 1.48 bits per heavy atom. The molecule has 1 aliphatic heterocycles. The maximum atomic E-state index is 12.5. The average molecular weight is 316 g/mol. The number of carbonyl (C=O) groups excluding carboxylic acids is 1. The Morgan fingerprint density at radius 3 is 3.09 bits per heavy atom. The van der Waals surface area contributed by atoms with Gasteiger partial charge in [-0.05, 0) is 25.0 Å². The summed E-state index contributed by atoms with van der Waals surface area (Å²) in [5, 5.41) is 11.0. The van der Waals surface area contributed by atoms with Gasteiger partial charge in [-0.2, -0.15) is 0 Å². The van der Waals surface area contributed by atoms with E-state index >= 15 is 0 Å². The van der Waals surface area contributed by atoms with E-state index in [-0.39, 0.29) is 11.9 Å². The van der Waals surface area contributed by atoms with Crippen LogP contribution in [0.15, 0.2) is 24.7 Å². The van der Waals surface area contributed by atoms with Crippen LogP contribution in [0.4, 0.5) is 10.5 Å². The number of methoxy groups -OCH3 is 1. The number of ether oxygens (including phenoxy) is 1. The highest BCUT2D eigenvalue weighted by molar-refractivity contribution is 5.90. The van der Waals surface area contributed by atoms with Gasteiger partial charge in [-0.15, -0.1) is 10.2 Å². The van der Waals surface area contributed by atoms with Gasteiger partial charge in [-0.25, -0.2) is 9.78 Å². The molecule has 122 valence electrons. The van der Waals surface area contributed by atoms with Gasteiger partial charge in [0, 0.05) is 32.3 Å². The normalized spacial score (nSPS) is 17.8. The lowest BCUT2D eigenvalue weighted by atomic mass is 9.97. The summed E-state index contributed by atoms with van der Waals surface area (Å²) in [5.41, 5.74) is 0.570. The Hall–Kier alpha value is -2.64. The van der Waals surface area contributed by atoms with Gasteiger partial charge in [0.2, 0.25) is 5.88 Å². The molecule has 2 amide bonds. The summed E-state index contributed by atoms with van der Waals surface area (Å²) in [6.07, 6.45) is 5.26. The van der Waals surface area contributed by atoms with Crippen LogP contribution in [-0.4, -0.2) is 50.9 Å². The highest BCUT2D eigenvalue weighted by atomic mass is 16.5. The van der Waals surface area contributed by atoms with Crippen LogP contribution in [0, 0.1) is 0 Å². The Morgan fingerprint density at radius 2 is 2.35 bits per heavy atom. The van der Waals surface area contributed by atoms with Crippen LogP contribution in [0.3, 0.4) is 0 Å². The molecule has 0 saturated carbocycles. The third-order valence-corrected chi connectivity index (χ3v) is 4.03. The molecule has 3 rings (SSSR count). The van der Waals surface area contributed by atoms with Crippen LogP contribution in [0.2, 0.25) is 0 Å². The summed E-state index contributed by atoms with van der Waals surface area (Å²) >= 11 is 0. The molecule has 0 bridgehead atoms. The fourth-order valence-electron chi connectivity index (χ4n) is 2.88. The highest BCUT2D eigenvalue weighted by Crippen LogP contribution is 2.26. The number of aryl methyl sites for hydroxylation is 1. The number of carbonyl (C=O) groups is 1. The van der Waals surface area contributed by atoms with E-state index in [0.717, 1.165) is 25.2 Å². The number of nitrogens with zero attached hydrogens (tertiary/aromatic N) is 5. The van der Waals surface area contributed by atoms with Crippen molar-refractivity contribution in [3.63, 3.8) is 0 Å². The molecule has 0 spiro atoms. The quantitative estimate of drug-likeness (QED) is 0.930. The first-order valence-corrected chi connectivity index (χ1v) is 7.58. The van der Waals surface area contributed by atoms with Crippen LogP contribution in [0.1, 0.15) is 24.6 Å². The number of hydrogen-bond donors (Lipinski definition) is 1. The number of anilines is 1. The number of amides is 2. The third kappa shape index (κ3) is 3.25. The van der Waals surface area contributed by atoms with Crippen LogP contribution < -0.4 is 10.1 Å². The van der Waals surface area contributed by atoms with E-state index in [0.29, 0.717) is 18.1 Å². The first-order chi connectivity index (χ1) is 11.2. The van der Waals surface area contributed by atoms with E-state index in [1.54, 1.807) is 29.6 Å². The Labute approximate surface area is 134 Å². The molecular formula is C15H20N6O2. The predicted molar refractivity (Wildman–Crippen MR) is 84.4 cm³/mol. The number of piperidine rings is 1. The van der Waals surface area contributed by atoms with E-state index in [1.165, 1.54) is 7.11 Å². The number of pyridine rings is 1. The Kier molecular flexibility index (Phi) is 4.40. The molecule has 1 saturated heterocycles. The second kappa shape index (κ2) is 6.64. The van der Waals surface area contributed by atoms with Crippen LogP contribution in [-0.2, 0) is 7.05 Å². The second-order valence-electron chi connectivity index (χ2n) is 5.58. The number of hydrogen-bond acceptors (Lipinski definition) is 5. The molecule has 23 heavy (non-hydrogen) atoms. The zero-order chi connectivity index (χ0) is 16.2. The first-order valence-electron chi connectivity index (χ1n) is 7.58. The van der Waals surface area contributed by atoms with Crippen LogP contribution >= 0.6 is 0 Å². The minimum Gasteiger partial charge on any atom is -0.480 e. The standard InChI is InChI=1S/C15H20N6O2/c1-20-10-17-19-13(20)11-5-4-8-21(9-11)15(22)18-12-6-3-7-16-14(12)23-2/h3,6-7,10-11H,4-5,8-9H2,1-2H3,(H,18,22)/t11-/m0/s1. The number of likely N-dealkylation sites (tertiary alicyclic amines) is 1. The summed E-state index contributed by atoms with van der Waals surface area (Å²) in [7, 11) is 3.46. The van der Waals surface area contributed by atoms with Gasteiger partial charge in [-0.3, -0.25) is 0 Å². The molecule has 2 aromatic rings. The maximum absolute atomic E-state index is 12.5. The van der Waals surface area contributed by atoms with E-state index in [1.807, 2.05) is 11.6 Å². The number of urea groups is 1. The minimum atomic E-state index is -0.150. The van der Waals surface area contributed by atoms with E-state index in [4.69, 9.17) is 4.74 Å². The minimum absolute atomic E-state index is 0.150. The molecule has 1 N–H and O–H groups in total. The van der Waals surface area contributed by atoms with Crippen molar-refractivity contribution in [3.8, 4) is 5.88 Å². The Bertz CT molecular complexity index is 686. The molecule has 0 aromatic carbocycles. The van der Waals surface area contributed by atoms with E-state index in [2.05, 4.69) is 20.5 Å². The topological polar surface area (TPSA) is 85.2 Å². The lowest BCUT2D eigenvalue weighted by molar-refractivity contribution is 0.190. The number of nitrogens with one attached hydrogen (secondary N) is 1. The molecule has 0 unspecified atom stereocenters. The summed E-state index contributed by atoms with van der Waals surface area (Å²) in [6, 6.07) is 3.38. The van der Waals surface area contributed by atoms with Gasteiger partial charge in [0.05, 0.1) is 7.11 Å². The molecule has 1 aliphatic rings. The predicted octanol–water partition coefficient (Wildman–Crippen LogP) is 1.63. The summed E-state index contributed by atoms with van der Waals surface area (Å²) in [4.78, 5) is 18.4. The van der Waals surface area contributed by atoms with Crippen LogP contribution in [0.5, 0.6) is 5.88 Å². The summed E-state index contributed by atoms with van der Waals surface area (Å²) in [6.45, 7) is 1.35. The largest absolute Gasteiger partial charge is 0.480 e. The number of rotatable bonds is 3. The fraction of sp³-hybridized carbons (Fsp3) is 0.467. The molecule has 8 nitrogen and oxygen atoms in total. The van der Waals surface area contributed by atoms with Crippen molar-refractivity contribution >= 4 is 11.7 Å². The van der Waals surface area contributed by atoms with Crippen LogP contribution in [0.25, 0.3) is 0 Å². The summed E-state index contributed by atoms with van der Waals surface area (Å²) in [5.74, 6) is 1.53. The van der Waals surface area contributed by atoms with Crippen molar-refractivity contribution in [2.45, 2.75) is 18.8 Å². The molecule has 8 heteroatoms. The molecule has 0 aliphatic carbocycles. The molecule has 0 radical (unpaired) electrons. The van der Waals surface area contributed by atoms with Gasteiger partial charge < -0.3 is 19.5 Å². The Balaban J connectivity index is 1.69. The van der Waals surface area contributed by atoms with Crippen molar-refractivity contribution < 1.29 is 9.53 Å². The monoisotopic (exact) mass is 316 g/mol. The van der Waals surface area contributed by atoms with E-state index < -0.39 is 0 Å². The van der Waals surface area contributed by atoms with Gasteiger partial charge in [0.1, 0.15) is 17.8 Å². The molecule has 3 heterocycles. The molecule has 2 aromatic heterocycles. The van der Waals surface area contributed by atoms with Crippen molar-refractivity contribution in [2.75, 3.05) is 25.5 Å². The van der Waals surface area contributed by atoms with Crippen molar-refractivity contribution in [3.05, 3.63) is 30.5 Å². The van der Waals surface area contributed by atoms with E-state index in [9.17, 15) is 4.79 Å². The first kappa shape index (κ1) is 15.3. The second-order valence-corrected chi connectivity index (χ2v) is 5.58. The van der Waals surface area contributed by atoms with Gasteiger partial charge >= 0.3 is 6.03 Å². The van der Waals surface area contributed by atoms with Gasteiger partial charge in [-0.1, -0.05) is 0 Å². The fourth-order valence-corrected chi connectivity index (χ4v) is 2.88. The third-order valence-electron chi connectivity index (χ3n) is 4.03.